The summed E-state index contributed by atoms with van der Waals surface area (Å²) in [5, 5.41) is 33.0. The monoisotopic (exact) mass is 454 g/mol. The lowest BCUT2D eigenvalue weighted by Gasteiger charge is -2.30. The fourth-order valence-electron chi connectivity index (χ4n) is 4.88. The maximum atomic E-state index is 13.5. The first-order chi connectivity index (χ1) is 15.7. The molecule has 4 N–H and O–H groups in total. The van der Waals surface area contributed by atoms with E-state index in [0.717, 1.165) is 4.90 Å². The van der Waals surface area contributed by atoms with E-state index in [-0.39, 0.29) is 23.6 Å². The van der Waals surface area contributed by atoms with Crippen LogP contribution in [0.3, 0.4) is 0 Å². The second-order valence-corrected chi connectivity index (χ2v) is 8.12. The molecule has 0 aliphatic carbocycles. The van der Waals surface area contributed by atoms with Gasteiger partial charge in [0.2, 0.25) is 11.8 Å². The standard InChI is InChI=1S/C23H22N2O8/c1-33-14-9-5-8-13(19(14)28)18-16-17(23(24-18,22(31)32)10-15(26)27)21(30)25(20(16)29)11-12-6-3-2-4-7-12/h2-9,16-18,24,28H,10-11H2,1H3,(H,26,27)(H,31,32). The van der Waals surface area contributed by atoms with E-state index in [9.17, 15) is 34.5 Å². The fraction of sp³-hybridized carbons (Fsp3) is 0.304. The van der Waals surface area contributed by atoms with Gasteiger partial charge in [-0.2, -0.15) is 0 Å². The van der Waals surface area contributed by atoms with Gasteiger partial charge in [0.1, 0.15) is 5.54 Å². The van der Waals surface area contributed by atoms with Crippen LogP contribution in [-0.2, 0) is 25.7 Å². The minimum Gasteiger partial charge on any atom is -0.504 e. The Bertz CT molecular complexity index is 1130. The second kappa shape index (κ2) is 8.21. The third-order valence-electron chi connectivity index (χ3n) is 6.33. The number of likely N-dealkylation sites (tertiary alicyclic amines) is 1. The quantitative estimate of drug-likeness (QED) is 0.451. The third kappa shape index (κ3) is 3.48. The van der Waals surface area contributed by atoms with Crippen LogP contribution in [0.5, 0.6) is 11.5 Å². The van der Waals surface area contributed by atoms with E-state index in [2.05, 4.69) is 5.32 Å². The summed E-state index contributed by atoms with van der Waals surface area (Å²) < 4.78 is 5.12. The Hall–Kier alpha value is -3.92. The predicted octanol–water partition coefficient (Wildman–Crippen LogP) is 1.14. The molecular formula is C23H22N2O8. The molecule has 2 aliphatic heterocycles. The predicted molar refractivity (Wildman–Crippen MR) is 112 cm³/mol. The van der Waals surface area contributed by atoms with Crippen LogP contribution in [-0.4, -0.2) is 56.6 Å². The van der Waals surface area contributed by atoms with Crippen LogP contribution >= 0.6 is 0 Å². The minimum absolute atomic E-state index is 0.0783. The normalized spacial score (nSPS) is 26.3. The number of nitrogens with zero attached hydrogens (tertiary/aromatic N) is 1. The van der Waals surface area contributed by atoms with Gasteiger partial charge in [-0.1, -0.05) is 42.5 Å². The number of carboxylic acids is 2. The second-order valence-electron chi connectivity index (χ2n) is 8.12. The van der Waals surface area contributed by atoms with Gasteiger partial charge >= 0.3 is 11.9 Å². The summed E-state index contributed by atoms with van der Waals surface area (Å²) in [5.41, 5.74) is -1.44. The zero-order valence-corrected chi connectivity index (χ0v) is 17.6. The number of carbonyl (C=O) groups excluding carboxylic acids is 2. The number of benzene rings is 2. The Morgan fingerprint density at radius 3 is 2.36 bits per heavy atom. The number of carbonyl (C=O) groups is 4. The highest BCUT2D eigenvalue weighted by molar-refractivity contribution is 6.10. The number of aromatic hydroxyl groups is 1. The Labute approximate surface area is 188 Å². The number of imide groups is 1. The van der Waals surface area contributed by atoms with Crippen molar-refractivity contribution in [1.82, 2.24) is 10.2 Å². The summed E-state index contributed by atoms with van der Waals surface area (Å²) in [4.78, 5) is 51.9. The van der Waals surface area contributed by atoms with Gasteiger partial charge in [0, 0.05) is 11.6 Å². The van der Waals surface area contributed by atoms with Crippen LogP contribution in [0.15, 0.2) is 48.5 Å². The molecule has 172 valence electrons. The number of phenolic OH excluding ortho intramolecular Hbond substituents is 1. The van der Waals surface area contributed by atoms with Crippen LogP contribution in [0.2, 0.25) is 0 Å². The molecule has 10 heteroatoms. The lowest BCUT2D eigenvalue weighted by molar-refractivity contribution is -0.156. The summed E-state index contributed by atoms with van der Waals surface area (Å²) in [7, 11) is 1.33. The van der Waals surface area contributed by atoms with E-state index >= 15 is 0 Å². The lowest BCUT2D eigenvalue weighted by Crippen LogP contribution is -2.56. The van der Waals surface area contributed by atoms with E-state index in [1.807, 2.05) is 0 Å². The van der Waals surface area contributed by atoms with E-state index < -0.39 is 53.6 Å². The van der Waals surface area contributed by atoms with E-state index in [0.29, 0.717) is 5.56 Å². The Kier molecular flexibility index (Phi) is 5.54. The minimum atomic E-state index is -2.24. The molecule has 0 spiro atoms. The van der Waals surface area contributed by atoms with Crippen LogP contribution in [0.25, 0.3) is 0 Å². The number of hydrogen-bond donors (Lipinski definition) is 4. The molecule has 4 atom stereocenters. The molecule has 33 heavy (non-hydrogen) atoms. The Morgan fingerprint density at radius 1 is 1.06 bits per heavy atom. The molecule has 0 aromatic heterocycles. The maximum absolute atomic E-state index is 13.5. The molecule has 0 saturated carbocycles. The highest BCUT2D eigenvalue weighted by atomic mass is 16.5. The summed E-state index contributed by atoms with van der Waals surface area (Å²) in [6.45, 7) is -0.0783. The van der Waals surface area contributed by atoms with Gasteiger partial charge in [0.25, 0.3) is 0 Å². The number of rotatable bonds is 7. The van der Waals surface area contributed by atoms with Crippen LogP contribution in [0, 0.1) is 11.8 Å². The maximum Gasteiger partial charge on any atom is 0.325 e. The number of ether oxygens (including phenoxy) is 1. The van der Waals surface area contributed by atoms with Gasteiger partial charge in [-0.15, -0.1) is 0 Å². The first kappa shape index (κ1) is 22.3. The number of hydrogen-bond acceptors (Lipinski definition) is 7. The number of aliphatic carboxylic acids is 2. The van der Waals surface area contributed by atoms with Gasteiger partial charge in [0.15, 0.2) is 11.5 Å². The molecule has 2 heterocycles. The van der Waals surface area contributed by atoms with Crippen molar-refractivity contribution in [2.45, 2.75) is 24.5 Å². The van der Waals surface area contributed by atoms with Gasteiger partial charge < -0.3 is 20.1 Å². The molecule has 2 amide bonds. The number of fused-ring (bicyclic) bond motifs is 1. The number of phenols is 1. The molecule has 2 fully saturated rings. The van der Waals surface area contributed by atoms with Crippen molar-refractivity contribution in [2.75, 3.05) is 7.11 Å². The molecule has 0 radical (unpaired) electrons. The molecule has 2 aromatic carbocycles. The average molecular weight is 454 g/mol. The molecule has 2 aliphatic rings. The van der Waals surface area contributed by atoms with E-state index in [4.69, 9.17) is 4.74 Å². The first-order valence-corrected chi connectivity index (χ1v) is 10.2. The Balaban J connectivity index is 1.84. The third-order valence-corrected chi connectivity index (χ3v) is 6.33. The molecule has 10 nitrogen and oxygen atoms in total. The van der Waals surface area contributed by atoms with Crippen molar-refractivity contribution in [3.05, 3.63) is 59.7 Å². The van der Waals surface area contributed by atoms with Gasteiger partial charge in [-0.05, 0) is 11.6 Å². The highest BCUT2D eigenvalue weighted by Crippen LogP contribution is 2.52. The molecule has 0 bridgehead atoms. The van der Waals surface area contributed by atoms with Crippen LogP contribution in [0.4, 0.5) is 0 Å². The van der Waals surface area contributed by atoms with Gasteiger partial charge in [-0.3, -0.25) is 29.4 Å². The van der Waals surface area contributed by atoms with E-state index in [1.54, 1.807) is 36.4 Å². The lowest BCUT2D eigenvalue weighted by atomic mass is 9.77. The average Bonchev–Trinajstić information content (AvgIpc) is 3.24. The van der Waals surface area contributed by atoms with Crippen molar-refractivity contribution >= 4 is 23.8 Å². The summed E-state index contributed by atoms with van der Waals surface area (Å²) >= 11 is 0. The molecular weight excluding hydrogens is 432 g/mol. The number of methoxy groups -OCH3 is 1. The zero-order chi connectivity index (χ0) is 23.9. The van der Waals surface area contributed by atoms with Crippen molar-refractivity contribution in [2.24, 2.45) is 11.8 Å². The number of para-hydroxylation sites is 1. The summed E-state index contributed by atoms with van der Waals surface area (Å²) in [6, 6.07) is 12.1. The van der Waals surface area contributed by atoms with Crippen LogP contribution < -0.4 is 10.1 Å². The topological polar surface area (TPSA) is 153 Å². The highest BCUT2D eigenvalue weighted by Gasteiger charge is 2.69. The molecule has 4 rings (SSSR count). The summed E-state index contributed by atoms with van der Waals surface area (Å²) in [5.74, 6) is -7.35. The molecule has 4 unspecified atom stereocenters. The zero-order valence-electron chi connectivity index (χ0n) is 17.6. The van der Waals surface area contributed by atoms with Crippen molar-refractivity contribution in [3.63, 3.8) is 0 Å². The largest absolute Gasteiger partial charge is 0.504 e. The van der Waals surface area contributed by atoms with Gasteiger partial charge in [0.05, 0.1) is 31.9 Å². The first-order valence-electron chi connectivity index (χ1n) is 10.2. The van der Waals surface area contributed by atoms with Crippen molar-refractivity contribution in [3.8, 4) is 11.5 Å². The molecule has 2 aromatic rings. The van der Waals surface area contributed by atoms with Crippen LogP contribution in [0.1, 0.15) is 23.6 Å². The fourth-order valence-corrected chi connectivity index (χ4v) is 4.88. The number of amides is 2. The van der Waals surface area contributed by atoms with Crippen molar-refractivity contribution < 1.29 is 39.2 Å². The van der Waals surface area contributed by atoms with E-state index in [1.165, 1.54) is 19.2 Å². The Morgan fingerprint density at radius 2 is 1.76 bits per heavy atom. The SMILES string of the molecule is COc1cccc(C2NC(CC(=O)O)(C(=O)O)C3C(=O)N(Cc4ccccc4)C(=O)C23)c1O. The number of carboxylic acid groups (broad SMARTS) is 2. The molecule has 2 saturated heterocycles. The van der Waals surface area contributed by atoms with Crippen molar-refractivity contribution in [1.29, 1.82) is 0 Å². The number of nitrogens with one attached hydrogen (secondary N) is 1. The smallest absolute Gasteiger partial charge is 0.325 e. The van der Waals surface area contributed by atoms with Gasteiger partial charge in [-0.25, -0.2) is 0 Å². The summed E-state index contributed by atoms with van der Waals surface area (Å²) in [6.07, 6.45) is -0.928.